The highest BCUT2D eigenvalue weighted by Crippen LogP contribution is 2.33. The average molecular weight is 218 g/mol. The second-order valence-electron chi connectivity index (χ2n) is 4.96. The number of nitrogens with zero attached hydrogens (tertiary/aromatic N) is 1. The molecular formula is C14H22N2. The molecule has 1 aliphatic rings. The quantitative estimate of drug-likeness (QED) is 0.733. The van der Waals surface area contributed by atoms with Crippen LogP contribution in [0.5, 0.6) is 0 Å². The van der Waals surface area contributed by atoms with E-state index in [9.17, 15) is 0 Å². The van der Waals surface area contributed by atoms with Gasteiger partial charge in [-0.05, 0) is 51.2 Å². The molecule has 0 heterocycles. The fourth-order valence-corrected chi connectivity index (χ4v) is 2.34. The van der Waals surface area contributed by atoms with E-state index in [4.69, 9.17) is 0 Å². The van der Waals surface area contributed by atoms with Gasteiger partial charge in [-0.15, -0.1) is 0 Å². The summed E-state index contributed by atoms with van der Waals surface area (Å²) >= 11 is 0. The van der Waals surface area contributed by atoms with Crippen molar-refractivity contribution in [3.8, 4) is 0 Å². The first-order valence-corrected chi connectivity index (χ1v) is 6.20. The van der Waals surface area contributed by atoms with E-state index >= 15 is 0 Å². The van der Waals surface area contributed by atoms with Crippen molar-refractivity contribution in [1.29, 1.82) is 0 Å². The van der Waals surface area contributed by atoms with E-state index in [1.54, 1.807) is 11.1 Å². The Labute approximate surface area is 98.7 Å². The van der Waals surface area contributed by atoms with Crippen LogP contribution in [0, 0.1) is 0 Å². The van der Waals surface area contributed by atoms with Gasteiger partial charge in [-0.3, -0.25) is 0 Å². The lowest BCUT2D eigenvalue weighted by Gasteiger charge is -2.30. The van der Waals surface area contributed by atoms with Crippen molar-refractivity contribution in [2.45, 2.75) is 18.8 Å². The zero-order valence-electron chi connectivity index (χ0n) is 10.4. The van der Waals surface area contributed by atoms with E-state index in [1.807, 2.05) is 0 Å². The maximum atomic E-state index is 3.56. The Morgan fingerprint density at radius 3 is 2.88 bits per heavy atom. The molecule has 0 radical (unpaired) electrons. The van der Waals surface area contributed by atoms with Gasteiger partial charge in [0.1, 0.15) is 0 Å². The van der Waals surface area contributed by atoms with E-state index in [0.29, 0.717) is 0 Å². The van der Waals surface area contributed by atoms with Crippen molar-refractivity contribution in [2.24, 2.45) is 0 Å². The highest BCUT2D eigenvalue weighted by molar-refractivity contribution is 5.40. The van der Waals surface area contributed by atoms with Crippen LogP contribution in [0.1, 0.15) is 23.5 Å². The van der Waals surface area contributed by atoms with Crippen LogP contribution in [0.3, 0.4) is 0 Å². The zero-order valence-corrected chi connectivity index (χ0v) is 10.4. The molecule has 0 fully saturated rings. The Kier molecular flexibility index (Phi) is 3.97. The van der Waals surface area contributed by atoms with Gasteiger partial charge >= 0.3 is 0 Å². The van der Waals surface area contributed by atoms with Crippen LogP contribution in [0.15, 0.2) is 24.3 Å². The van der Waals surface area contributed by atoms with E-state index in [-0.39, 0.29) is 0 Å². The first-order valence-electron chi connectivity index (χ1n) is 6.20. The smallest absolute Gasteiger partial charge is 0.00234 e. The first kappa shape index (κ1) is 11.6. The second-order valence-corrected chi connectivity index (χ2v) is 4.96. The zero-order chi connectivity index (χ0) is 11.4. The Morgan fingerprint density at radius 1 is 1.31 bits per heavy atom. The maximum absolute atomic E-state index is 3.56. The highest BCUT2D eigenvalue weighted by Gasteiger charge is 2.24. The average Bonchev–Trinajstić information content (AvgIpc) is 2.23. The summed E-state index contributed by atoms with van der Waals surface area (Å²) in [5.41, 5.74) is 3.10. The predicted octanol–water partition coefficient (Wildman–Crippen LogP) is 1.87. The molecule has 1 atom stereocenters. The molecule has 0 aliphatic heterocycles. The standard InChI is InChI=1S/C14H22N2/c1-16(2)9-5-8-15-11-13-10-12-6-3-4-7-14(12)13/h3-4,6-7,13,15H,5,8-11H2,1-2H3. The van der Waals surface area contributed by atoms with Crippen molar-refractivity contribution < 1.29 is 0 Å². The molecule has 2 heteroatoms. The molecule has 88 valence electrons. The van der Waals surface area contributed by atoms with Gasteiger partial charge in [-0.1, -0.05) is 24.3 Å². The van der Waals surface area contributed by atoms with Crippen molar-refractivity contribution in [3.63, 3.8) is 0 Å². The van der Waals surface area contributed by atoms with Gasteiger partial charge in [-0.25, -0.2) is 0 Å². The summed E-state index contributed by atoms with van der Waals surface area (Å²) < 4.78 is 0. The van der Waals surface area contributed by atoms with Crippen LogP contribution in [-0.2, 0) is 6.42 Å². The molecule has 0 amide bonds. The molecule has 1 N–H and O–H groups in total. The number of hydrogen-bond donors (Lipinski definition) is 1. The van der Waals surface area contributed by atoms with Gasteiger partial charge in [-0.2, -0.15) is 0 Å². The third-order valence-corrected chi connectivity index (χ3v) is 3.31. The molecule has 0 saturated carbocycles. The van der Waals surface area contributed by atoms with Crippen LogP contribution in [-0.4, -0.2) is 38.6 Å². The van der Waals surface area contributed by atoms with Crippen molar-refractivity contribution >= 4 is 0 Å². The number of rotatable bonds is 6. The maximum Gasteiger partial charge on any atom is 0.00234 e. The van der Waals surface area contributed by atoms with Crippen molar-refractivity contribution in [1.82, 2.24) is 10.2 Å². The third-order valence-electron chi connectivity index (χ3n) is 3.31. The second kappa shape index (κ2) is 5.46. The molecule has 2 nitrogen and oxygen atoms in total. The minimum atomic E-state index is 0.760. The van der Waals surface area contributed by atoms with Gasteiger partial charge in [0.25, 0.3) is 0 Å². The molecule has 0 bridgehead atoms. The van der Waals surface area contributed by atoms with E-state index in [1.165, 1.54) is 19.4 Å². The molecule has 1 aliphatic carbocycles. The summed E-state index contributed by atoms with van der Waals surface area (Å²) in [6, 6.07) is 8.81. The van der Waals surface area contributed by atoms with Crippen LogP contribution < -0.4 is 5.32 Å². The molecule has 0 saturated heterocycles. The lowest BCUT2D eigenvalue weighted by atomic mass is 9.77. The van der Waals surface area contributed by atoms with Crippen LogP contribution in [0.4, 0.5) is 0 Å². The normalized spacial score (nSPS) is 18.3. The fraction of sp³-hybridized carbons (Fsp3) is 0.571. The third kappa shape index (κ3) is 2.83. The minimum absolute atomic E-state index is 0.760. The Balaban J connectivity index is 1.63. The van der Waals surface area contributed by atoms with E-state index in [0.717, 1.165) is 19.0 Å². The largest absolute Gasteiger partial charge is 0.316 e. The molecule has 0 spiro atoms. The summed E-state index contributed by atoms with van der Waals surface area (Å²) in [4.78, 5) is 2.24. The van der Waals surface area contributed by atoms with Crippen LogP contribution >= 0.6 is 0 Å². The number of hydrogen-bond acceptors (Lipinski definition) is 2. The molecule has 0 aromatic heterocycles. The van der Waals surface area contributed by atoms with Crippen molar-refractivity contribution in [3.05, 3.63) is 35.4 Å². The number of fused-ring (bicyclic) bond motifs is 1. The molecule has 1 unspecified atom stereocenters. The predicted molar refractivity (Wildman–Crippen MR) is 68.9 cm³/mol. The Hall–Kier alpha value is -0.860. The van der Waals surface area contributed by atoms with Crippen LogP contribution in [0.25, 0.3) is 0 Å². The highest BCUT2D eigenvalue weighted by atomic mass is 15.1. The molecule has 16 heavy (non-hydrogen) atoms. The van der Waals surface area contributed by atoms with Crippen LogP contribution in [0.2, 0.25) is 0 Å². The monoisotopic (exact) mass is 218 g/mol. The molecule has 1 aromatic carbocycles. The summed E-state index contributed by atoms with van der Waals surface area (Å²) in [5, 5.41) is 3.56. The summed E-state index contributed by atoms with van der Waals surface area (Å²) in [6.07, 6.45) is 2.50. The van der Waals surface area contributed by atoms with Gasteiger partial charge < -0.3 is 10.2 Å². The molecule has 2 rings (SSSR count). The summed E-state index contributed by atoms with van der Waals surface area (Å²) in [5.74, 6) is 0.760. The number of nitrogens with one attached hydrogen (secondary N) is 1. The fourth-order valence-electron chi connectivity index (χ4n) is 2.34. The Bertz CT molecular complexity index is 333. The lowest BCUT2D eigenvalue weighted by Crippen LogP contribution is -2.30. The summed E-state index contributed by atoms with van der Waals surface area (Å²) in [6.45, 7) is 3.45. The first-order chi connectivity index (χ1) is 7.77. The summed E-state index contributed by atoms with van der Waals surface area (Å²) in [7, 11) is 4.25. The molecular weight excluding hydrogens is 196 g/mol. The van der Waals surface area contributed by atoms with Gasteiger partial charge in [0.2, 0.25) is 0 Å². The minimum Gasteiger partial charge on any atom is -0.316 e. The SMILES string of the molecule is CN(C)CCCNCC1Cc2ccccc21. The van der Waals surface area contributed by atoms with Gasteiger partial charge in [0.15, 0.2) is 0 Å². The topological polar surface area (TPSA) is 15.3 Å². The molecule has 1 aromatic rings. The van der Waals surface area contributed by atoms with E-state index < -0.39 is 0 Å². The van der Waals surface area contributed by atoms with Gasteiger partial charge in [0, 0.05) is 12.5 Å². The lowest BCUT2D eigenvalue weighted by molar-refractivity contribution is 0.391. The Morgan fingerprint density at radius 2 is 2.12 bits per heavy atom. The van der Waals surface area contributed by atoms with Crippen molar-refractivity contribution in [2.75, 3.05) is 33.7 Å². The van der Waals surface area contributed by atoms with Gasteiger partial charge in [0.05, 0.1) is 0 Å². The number of benzene rings is 1. The van der Waals surface area contributed by atoms with E-state index in [2.05, 4.69) is 48.6 Å².